The van der Waals surface area contributed by atoms with Crippen LogP contribution < -0.4 is 11.3 Å². The lowest BCUT2D eigenvalue weighted by atomic mass is 9.88. The molecule has 3 N–H and O–H groups in total. The minimum absolute atomic E-state index is 0.484. The number of hydrogen-bond acceptors (Lipinski definition) is 4. The van der Waals surface area contributed by atoms with Crippen molar-refractivity contribution in [2.75, 3.05) is 24.7 Å². The molecule has 2 heterocycles. The van der Waals surface area contributed by atoms with E-state index in [9.17, 15) is 0 Å². The normalized spacial score (nSPS) is 36.7. The van der Waals surface area contributed by atoms with E-state index in [2.05, 4.69) is 5.43 Å². The van der Waals surface area contributed by atoms with Gasteiger partial charge in [-0.3, -0.25) is 11.3 Å². The van der Waals surface area contributed by atoms with E-state index in [1.807, 2.05) is 11.8 Å². The van der Waals surface area contributed by atoms with Gasteiger partial charge in [-0.25, -0.2) is 0 Å². The Labute approximate surface area is 83.7 Å². The topological polar surface area (TPSA) is 47.3 Å². The molecule has 0 aliphatic carbocycles. The van der Waals surface area contributed by atoms with E-state index in [4.69, 9.17) is 10.6 Å². The first kappa shape index (κ1) is 9.77. The van der Waals surface area contributed by atoms with E-state index < -0.39 is 0 Å². The molecule has 3 nitrogen and oxygen atoms in total. The third-order valence-corrected chi connectivity index (χ3v) is 4.33. The molecule has 2 rings (SSSR count). The first-order valence-electron chi connectivity index (χ1n) is 5.03. The van der Waals surface area contributed by atoms with Gasteiger partial charge >= 0.3 is 0 Å². The van der Waals surface area contributed by atoms with Crippen molar-refractivity contribution in [3.05, 3.63) is 0 Å². The molecule has 0 saturated carbocycles. The summed E-state index contributed by atoms with van der Waals surface area (Å²) in [5.41, 5.74) is 2.99. The third kappa shape index (κ3) is 2.18. The number of ether oxygens (including phenoxy) is 1. The predicted octanol–water partition coefficient (Wildman–Crippen LogP) is 0.608. The van der Waals surface area contributed by atoms with Gasteiger partial charge in [0, 0.05) is 18.6 Å². The summed E-state index contributed by atoms with van der Waals surface area (Å²) in [7, 11) is 0. The van der Waals surface area contributed by atoms with Gasteiger partial charge in [0.1, 0.15) is 0 Å². The van der Waals surface area contributed by atoms with Gasteiger partial charge in [-0.2, -0.15) is 11.8 Å². The Morgan fingerprint density at radius 1 is 1.38 bits per heavy atom. The van der Waals surface area contributed by atoms with Crippen LogP contribution in [0.1, 0.15) is 12.8 Å². The Kier molecular flexibility index (Phi) is 3.49. The van der Waals surface area contributed by atoms with Crippen LogP contribution in [0.3, 0.4) is 0 Å². The molecule has 13 heavy (non-hydrogen) atoms. The van der Waals surface area contributed by atoms with Crippen LogP contribution >= 0.6 is 11.8 Å². The smallest absolute Gasteiger partial charge is 0.0510 e. The summed E-state index contributed by atoms with van der Waals surface area (Å²) < 4.78 is 5.40. The largest absolute Gasteiger partial charge is 0.381 e. The maximum atomic E-state index is 5.62. The Balaban J connectivity index is 1.90. The van der Waals surface area contributed by atoms with Gasteiger partial charge in [0.25, 0.3) is 0 Å². The van der Waals surface area contributed by atoms with Crippen LogP contribution in [0.4, 0.5) is 0 Å². The molecule has 3 unspecified atom stereocenters. The highest BCUT2D eigenvalue weighted by Crippen LogP contribution is 2.31. The van der Waals surface area contributed by atoms with Crippen LogP contribution in [-0.2, 0) is 4.74 Å². The van der Waals surface area contributed by atoms with Gasteiger partial charge in [0.2, 0.25) is 0 Å². The fourth-order valence-electron chi connectivity index (χ4n) is 2.33. The first-order chi connectivity index (χ1) is 6.42. The fraction of sp³-hybridized carbons (Fsp3) is 1.00. The number of thioether (sulfide) groups is 1. The second-order valence-electron chi connectivity index (χ2n) is 3.94. The van der Waals surface area contributed by atoms with Gasteiger partial charge in [0.15, 0.2) is 0 Å². The fourth-order valence-corrected chi connectivity index (χ4v) is 3.64. The second kappa shape index (κ2) is 4.64. The third-order valence-electron chi connectivity index (χ3n) is 3.14. The highest BCUT2D eigenvalue weighted by atomic mass is 32.2. The Morgan fingerprint density at radius 3 is 2.85 bits per heavy atom. The van der Waals surface area contributed by atoms with Crippen molar-refractivity contribution in [3.8, 4) is 0 Å². The molecule has 4 heteroatoms. The standard InChI is InChI=1S/C9H18N2OS/c10-11-9(7-1-3-12-5-7)8-2-4-13-6-8/h7-9,11H,1-6,10H2. The average molecular weight is 202 g/mol. The van der Waals surface area contributed by atoms with Crippen LogP contribution in [0.15, 0.2) is 0 Å². The molecule has 0 spiro atoms. The van der Waals surface area contributed by atoms with Crippen molar-refractivity contribution in [1.29, 1.82) is 0 Å². The lowest BCUT2D eigenvalue weighted by Crippen LogP contribution is -2.46. The summed E-state index contributed by atoms with van der Waals surface area (Å²) in [6, 6.07) is 0.484. The summed E-state index contributed by atoms with van der Waals surface area (Å²) in [5, 5.41) is 0. The second-order valence-corrected chi connectivity index (χ2v) is 5.09. The molecule has 0 aromatic heterocycles. The number of rotatable bonds is 3. The van der Waals surface area contributed by atoms with Crippen molar-refractivity contribution in [3.63, 3.8) is 0 Å². The van der Waals surface area contributed by atoms with Gasteiger partial charge < -0.3 is 4.74 Å². The van der Waals surface area contributed by atoms with E-state index in [0.29, 0.717) is 12.0 Å². The zero-order valence-electron chi connectivity index (χ0n) is 7.87. The Bertz CT molecular complexity index is 140. The first-order valence-corrected chi connectivity index (χ1v) is 6.19. The zero-order chi connectivity index (χ0) is 9.10. The minimum Gasteiger partial charge on any atom is -0.381 e. The van der Waals surface area contributed by atoms with Crippen molar-refractivity contribution < 1.29 is 4.74 Å². The SMILES string of the molecule is NNC(C1CCOC1)C1CCSC1. The van der Waals surface area contributed by atoms with Crippen LogP contribution in [-0.4, -0.2) is 30.8 Å². The maximum Gasteiger partial charge on any atom is 0.0510 e. The van der Waals surface area contributed by atoms with E-state index in [0.717, 1.165) is 19.1 Å². The number of hydrogen-bond donors (Lipinski definition) is 2. The molecule has 0 aromatic rings. The minimum atomic E-state index is 0.484. The molecule has 2 fully saturated rings. The summed E-state index contributed by atoms with van der Waals surface area (Å²) >= 11 is 2.05. The van der Waals surface area contributed by atoms with Crippen LogP contribution in [0.25, 0.3) is 0 Å². The zero-order valence-corrected chi connectivity index (χ0v) is 8.69. The maximum absolute atomic E-state index is 5.62. The van der Waals surface area contributed by atoms with Gasteiger partial charge in [0.05, 0.1) is 6.61 Å². The van der Waals surface area contributed by atoms with Gasteiger partial charge in [-0.05, 0) is 30.3 Å². The molecule has 0 aromatic carbocycles. The van der Waals surface area contributed by atoms with Gasteiger partial charge in [-0.1, -0.05) is 0 Å². The van der Waals surface area contributed by atoms with Gasteiger partial charge in [-0.15, -0.1) is 0 Å². The number of nitrogens with two attached hydrogens (primary N) is 1. The van der Waals surface area contributed by atoms with Crippen molar-refractivity contribution >= 4 is 11.8 Å². The highest BCUT2D eigenvalue weighted by Gasteiger charge is 2.33. The quantitative estimate of drug-likeness (QED) is 0.520. The van der Waals surface area contributed by atoms with E-state index in [1.165, 1.54) is 24.3 Å². The van der Waals surface area contributed by atoms with Crippen molar-refractivity contribution in [2.45, 2.75) is 18.9 Å². The van der Waals surface area contributed by atoms with E-state index in [1.54, 1.807) is 0 Å². The summed E-state index contributed by atoms with van der Waals surface area (Å²) in [6.07, 6.45) is 2.49. The molecule has 2 aliphatic heterocycles. The number of hydrazine groups is 1. The van der Waals surface area contributed by atoms with E-state index >= 15 is 0 Å². The molecule has 0 radical (unpaired) electrons. The predicted molar refractivity (Wildman–Crippen MR) is 55.5 cm³/mol. The molecule has 2 saturated heterocycles. The van der Waals surface area contributed by atoms with Crippen molar-refractivity contribution in [1.82, 2.24) is 5.43 Å². The number of nitrogens with one attached hydrogen (secondary N) is 1. The van der Waals surface area contributed by atoms with Crippen LogP contribution in [0.5, 0.6) is 0 Å². The summed E-state index contributed by atoms with van der Waals surface area (Å²) in [5.74, 6) is 9.60. The lowest BCUT2D eigenvalue weighted by molar-refractivity contribution is 0.167. The molecule has 3 atom stereocenters. The summed E-state index contributed by atoms with van der Waals surface area (Å²) in [4.78, 5) is 0. The average Bonchev–Trinajstić information content (AvgIpc) is 2.76. The Morgan fingerprint density at radius 2 is 2.31 bits per heavy atom. The highest BCUT2D eigenvalue weighted by molar-refractivity contribution is 7.99. The van der Waals surface area contributed by atoms with Crippen molar-refractivity contribution in [2.24, 2.45) is 17.7 Å². The van der Waals surface area contributed by atoms with Crippen LogP contribution in [0, 0.1) is 11.8 Å². The molecular weight excluding hydrogens is 184 g/mol. The molecule has 0 bridgehead atoms. The lowest BCUT2D eigenvalue weighted by Gasteiger charge is -2.26. The molecule has 0 amide bonds. The monoisotopic (exact) mass is 202 g/mol. The van der Waals surface area contributed by atoms with E-state index in [-0.39, 0.29) is 0 Å². The molecule has 2 aliphatic rings. The Hall–Kier alpha value is 0.230. The van der Waals surface area contributed by atoms with Crippen LogP contribution in [0.2, 0.25) is 0 Å². The summed E-state index contributed by atoms with van der Waals surface area (Å²) in [6.45, 7) is 1.82. The molecular formula is C9H18N2OS. The molecule has 76 valence electrons.